The molecule has 1 aromatic carbocycles. The van der Waals surface area contributed by atoms with E-state index in [2.05, 4.69) is 5.32 Å². The average molecular weight is 263 g/mol. The van der Waals surface area contributed by atoms with E-state index in [-0.39, 0.29) is 12.1 Å². The minimum Gasteiger partial charge on any atom is -0.469 e. The molecule has 4 heteroatoms. The van der Waals surface area contributed by atoms with Gasteiger partial charge in [0.1, 0.15) is 0 Å². The van der Waals surface area contributed by atoms with Gasteiger partial charge in [-0.05, 0) is 36.4 Å². The number of esters is 1. The molecule has 4 nitrogen and oxygen atoms in total. The predicted molar refractivity (Wildman–Crippen MR) is 72.6 cm³/mol. The molecule has 104 valence electrons. The lowest BCUT2D eigenvalue weighted by Gasteiger charge is -2.31. The van der Waals surface area contributed by atoms with E-state index in [0.717, 1.165) is 37.1 Å². The van der Waals surface area contributed by atoms with Gasteiger partial charge in [-0.2, -0.15) is 0 Å². The summed E-state index contributed by atoms with van der Waals surface area (Å²) in [5, 5.41) is 12.6. The molecule has 1 fully saturated rings. The number of hydrogen-bond acceptors (Lipinski definition) is 4. The first-order valence-electron chi connectivity index (χ1n) is 6.71. The average Bonchev–Trinajstić information content (AvgIpc) is 2.38. The van der Waals surface area contributed by atoms with Crippen LogP contribution in [0.2, 0.25) is 0 Å². The fraction of sp³-hybridized carbons (Fsp3) is 0.533. The van der Waals surface area contributed by atoms with Crippen LogP contribution in [0.3, 0.4) is 0 Å². The highest BCUT2D eigenvalue weighted by molar-refractivity contribution is 5.72. The normalized spacial score (nSPS) is 21.8. The highest BCUT2D eigenvalue weighted by Gasteiger charge is 2.26. The van der Waals surface area contributed by atoms with Crippen LogP contribution in [0.15, 0.2) is 24.3 Å². The standard InChI is InChI=1S/C15H21NO3/c1-19-15(18)8-12-4-2-3-5-13(12)10-16-9-11-6-14(17)7-11/h2-5,11,14,16-17H,6-10H2,1H3. The van der Waals surface area contributed by atoms with Crippen molar-refractivity contribution in [2.24, 2.45) is 5.92 Å². The van der Waals surface area contributed by atoms with Crippen LogP contribution in [0.4, 0.5) is 0 Å². The summed E-state index contributed by atoms with van der Waals surface area (Å²) in [7, 11) is 1.41. The molecule has 0 amide bonds. The van der Waals surface area contributed by atoms with Crippen LogP contribution in [0.1, 0.15) is 24.0 Å². The Labute approximate surface area is 113 Å². The maximum absolute atomic E-state index is 11.3. The summed E-state index contributed by atoms with van der Waals surface area (Å²) in [6, 6.07) is 7.90. The maximum Gasteiger partial charge on any atom is 0.309 e. The van der Waals surface area contributed by atoms with Crippen LogP contribution in [-0.2, 0) is 22.5 Å². The van der Waals surface area contributed by atoms with Crippen LogP contribution in [0, 0.1) is 5.92 Å². The number of carbonyl (C=O) groups excluding carboxylic acids is 1. The van der Waals surface area contributed by atoms with E-state index >= 15 is 0 Å². The van der Waals surface area contributed by atoms with Gasteiger partial charge in [0.2, 0.25) is 0 Å². The topological polar surface area (TPSA) is 58.6 Å². The van der Waals surface area contributed by atoms with E-state index in [4.69, 9.17) is 4.74 Å². The Morgan fingerprint density at radius 3 is 2.68 bits per heavy atom. The van der Waals surface area contributed by atoms with Crippen molar-refractivity contribution in [3.8, 4) is 0 Å². The second-order valence-corrected chi connectivity index (χ2v) is 5.14. The van der Waals surface area contributed by atoms with Gasteiger partial charge in [-0.3, -0.25) is 4.79 Å². The smallest absolute Gasteiger partial charge is 0.309 e. The third-order valence-corrected chi connectivity index (χ3v) is 3.64. The summed E-state index contributed by atoms with van der Waals surface area (Å²) in [5.41, 5.74) is 2.14. The lowest BCUT2D eigenvalue weighted by atomic mass is 9.82. The van der Waals surface area contributed by atoms with Crippen molar-refractivity contribution in [1.82, 2.24) is 5.32 Å². The van der Waals surface area contributed by atoms with Crippen molar-refractivity contribution in [1.29, 1.82) is 0 Å². The molecule has 0 heterocycles. The van der Waals surface area contributed by atoms with E-state index in [9.17, 15) is 9.90 Å². The number of nitrogens with one attached hydrogen (secondary N) is 1. The zero-order chi connectivity index (χ0) is 13.7. The minimum absolute atomic E-state index is 0.0987. The van der Waals surface area contributed by atoms with Gasteiger partial charge in [-0.15, -0.1) is 0 Å². The predicted octanol–water partition coefficient (Wildman–Crippen LogP) is 1.26. The summed E-state index contributed by atoms with van der Waals surface area (Å²) >= 11 is 0. The highest BCUT2D eigenvalue weighted by atomic mass is 16.5. The second-order valence-electron chi connectivity index (χ2n) is 5.14. The van der Waals surface area contributed by atoms with Gasteiger partial charge in [-0.25, -0.2) is 0 Å². The van der Waals surface area contributed by atoms with Gasteiger partial charge in [0.25, 0.3) is 0 Å². The zero-order valence-electron chi connectivity index (χ0n) is 11.3. The summed E-state index contributed by atoms with van der Waals surface area (Å²) in [6.45, 7) is 1.67. The van der Waals surface area contributed by atoms with Crippen molar-refractivity contribution in [3.05, 3.63) is 35.4 Å². The maximum atomic E-state index is 11.3. The molecule has 0 atom stereocenters. The van der Waals surface area contributed by atoms with Gasteiger partial charge in [0, 0.05) is 6.54 Å². The van der Waals surface area contributed by atoms with Gasteiger partial charge in [0.05, 0.1) is 19.6 Å². The van der Waals surface area contributed by atoms with E-state index in [1.807, 2.05) is 24.3 Å². The largest absolute Gasteiger partial charge is 0.469 e. The van der Waals surface area contributed by atoms with Crippen LogP contribution in [0.5, 0.6) is 0 Å². The molecule has 0 unspecified atom stereocenters. The SMILES string of the molecule is COC(=O)Cc1ccccc1CNCC1CC(O)C1. The van der Waals surface area contributed by atoms with E-state index in [1.54, 1.807) is 0 Å². The van der Waals surface area contributed by atoms with Crippen molar-refractivity contribution in [2.45, 2.75) is 31.9 Å². The molecule has 2 rings (SSSR count). The van der Waals surface area contributed by atoms with Gasteiger partial charge in [-0.1, -0.05) is 24.3 Å². The number of rotatable bonds is 6. The lowest BCUT2D eigenvalue weighted by Crippen LogP contribution is -2.36. The number of ether oxygens (including phenoxy) is 1. The van der Waals surface area contributed by atoms with Crippen LogP contribution in [-0.4, -0.2) is 30.8 Å². The third-order valence-electron chi connectivity index (χ3n) is 3.64. The molecule has 1 saturated carbocycles. The van der Waals surface area contributed by atoms with E-state index in [0.29, 0.717) is 12.3 Å². The Balaban J connectivity index is 1.83. The summed E-state index contributed by atoms with van der Waals surface area (Å²) < 4.78 is 4.70. The molecule has 0 radical (unpaired) electrons. The summed E-state index contributed by atoms with van der Waals surface area (Å²) in [5.74, 6) is 0.373. The molecule has 19 heavy (non-hydrogen) atoms. The number of aliphatic hydroxyl groups is 1. The summed E-state index contributed by atoms with van der Waals surface area (Å²) in [4.78, 5) is 11.3. The zero-order valence-corrected chi connectivity index (χ0v) is 11.3. The van der Waals surface area contributed by atoms with Crippen molar-refractivity contribution in [2.75, 3.05) is 13.7 Å². The molecule has 1 aliphatic rings. The Kier molecular flexibility index (Phi) is 4.93. The number of benzene rings is 1. The fourth-order valence-corrected chi connectivity index (χ4v) is 2.41. The Morgan fingerprint density at radius 1 is 1.37 bits per heavy atom. The Morgan fingerprint density at radius 2 is 2.05 bits per heavy atom. The molecular weight excluding hydrogens is 242 g/mol. The quantitative estimate of drug-likeness (QED) is 0.759. The van der Waals surface area contributed by atoms with Crippen molar-refractivity contribution < 1.29 is 14.6 Å². The Bertz CT molecular complexity index is 427. The second kappa shape index (κ2) is 6.68. The van der Waals surface area contributed by atoms with E-state index in [1.165, 1.54) is 7.11 Å². The molecule has 0 saturated heterocycles. The minimum atomic E-state index is -0.213. The Hall–Kier alpha value is -1.39. The number of hydrogen-bond donors (Lipinski definition) is 2. The first kappa shape index (κ1) is 14.0. The lowest BCUT2D eigenvalue weighted by molar-refractivity contribution is -0.139. The van der Waals surface area contributed by atoms with E-state index < -0.39 is 0 Å². The first-order valence-corrected chi connectivity index (χ1v) is 6.71. The van der Waals surface area contributed by atoms with Crippen molar-refractivity contribution in [3.63, 3.8) is 0 Å². The molecule has 1 aromatic rings. The molecule has 0 aliphatic heterocycles. The fourth-order valence-electron chi connectivity index (χ4n) is 2.41. The van der Waals surface area contributed by atoms with Gasteiger partial charge in [0.15, 0.2) is 0 Å². The van der Waals surface area contributed by atoms with Crippen LogP contribution < -0.4 is 5.32 Å². The number of carbonyl (C=O) groups is 1. The molecule has 1 aliphatic carbocycles. The van der Waals surface area contributed by atoms with Gasteiger partial charge < -0.3 is 15.2 Å². The molecule has 0 aromatic heterocycles. The molecule has 0 spiro atoms. The molecular formula is C15H21NO3. The van der Waals surface area contributed by atoms with Crippen molar-refractivity contribution >= 4 is 5.97 Å². The van der Waals surface area contributed by atoms with Gasteiger partial charge >= 0.3 is 5.97 Å². The monoisotopic (exact) mass is 263 g/mol. The molecule has 2 N–H and O–H groups in total. The first-order chi connectivity index (χ1) is 9.19. The number of aliphatic hydroxyl groups excluding tert-OH is 1. The summed E-state index contributed by atoms with van der Waals surface area (Å²) in [6.07, 6.45) is 2.02. The highest BCUT2D eigenvalue weighted by Crippen LogP contribution is 2.26. The third kappa shape index (κ3) is 4.04. The van der Waals surface area contributed by atoms with Crippen LogP contribution >= 0.6 is 0 Å². The van der Waals surface area contributed by atoms with Crippen LogP contribution in [0.25, 0.3) is 0 Å². The number of methoxy groups -OCH3 is 1. The molecule has 0 bridgehead atoms.